The normalized spacial score (nSPS) is 32.2. The Labute approximate surface area is 98.2 Å². The molecule has 0 aliphatic carbocycles. The van der Waals surface area contributed by atoms with Crippen LogP contribution in [0, 0.1) is 0 Å². The highest BCUT2D eigenvalue weighted by Gasteiger charge is 2.32. The number of piperazine rings is 1. The molecule has 2 aliphatic rings. The predicted octanol–water partition coefficient (Wildman–Crippen LogP) is 1.23. The van der Waals surface area contributed by atoms with Crippen molar-refractivity contribution in [3.8, 4) is 0 Å². The molecule has 0 N–H and O–H groups in total. The number of carbonyl (C=O) groups is 1. The van der Waals surface area contributed by atoms with Crippen LogP contribution in [0.5, 0.6) is 0 Å². The first kappa shape index (κ1) is 11.7. The Hall–Kier alpha value is -0.770. The summed E-state index contributed by atoms with van der Waals surface area (Å²) in [5.41, 5.74) is 0. The van der Waals surface area contributed by atoms with Gasteiger partial charge in [-0.05, 0) is 33.7 Å². The first-order valence-electron chi connectivity index (χ1n) is 6.35. The lowest BCUT2D eigenvalue weighted by molar-refractivity contribution is 0.0655. The van der Waals surface area contributed by atoms with E-state index < -0.39 is 0 Å². The van der Waals surface area contributed by atoms with E-state index in [0.717, 1.165) is 26.2 Å². The van der Waals surface area contributed by atoms with Crippen LogP contribution >= 0.6 is 0 Å². The molecule has 2 rings (SSSR count). The van der Waals surface area contributed by atoms with Crippen molar-refractivity contribution in [3.05, 3.63) is 0 Å². The highest BCUT2D eigenvalue weighted by atomic mass is 16.2. The van der Waals surface area contributed by atoms with Gasteiger partial charge in [0.25, 0.3) is 0 Å². The van der Waals surface area contributed by atoms with Gasteiger partial charge in [0.05, 0.1) is 0 Å². The molecule has 92 valence electrons. The van der Waals surface area contributed by atoms with E-state index in [-0.39, 0.29) is 6.03 Å². The summed E-state index contributed by atoms with van der Waals surface area (Å²) in [6.07, 6.45) is 2.34. The number of rotatable bonds is 0. The fourth-order valence-electron chi connectivity index (χ4n) is 2.67. The van der Waals surface area contributed by atoms with Gasteiger partial charge >= 0.3 is 6.03 Å². The Kier molecular flexibility index (Phi) is 3.38. The lowest BCUT2D eigenvalue weighted by Gasteiger charge is -2.43. The number of amides is 2. The first-order chi connectivity index (χ1) is 7.59. The van der Waals surface area contributed by atoms with E-state index in [1.807, 2.05) is 9.80 Å². The molecule has 0 bridgehead atoms. The van der Waals surface area contributed by atoms with E-state index in [0.29, 0.717) is 12.1 Å². The SMILES string of the molecule is CC1CN(C(=O)N2CCCC2)CC(C)N1C. The van der Waals surface area contributed by atoms with E-state index >= 15 is 0 Å². The van der Waals surface area contributed by atoms with Crippen molar-refractivity contribution in [3.63, 3.8) is 0 Å². The maximum Gasteiger partial charge on any atom is 0.320 e. The second-order valence-electron chi connectivity index (χ2n) is 5.25. The molecule has 4 heteroatoms. The van der Waals surface area contributed by atoms with E-state index in [2.05, 4.69) is 25.8 Å². The van der Waals surface area contributed by atoms with E-state index in [4.69, 9.17) is 0 Å². The third-order valence-corrected chi connectivity index (χ3v) is 4.01. The summed E-state index contributed by atoms with van der Waals surface area (Å²) in [5.74, 6) is 0. The van der Waals surface area contributed by atoms with Crippen LogP contribution in [-0.2, 0) is 0 Å². The van der Waals surface area contributed by atoms with Crippen LogP contribution in [0.25, 0.3) is 0 Å². The Morgan fingerprint density at radius 2 is 1.50 bits per heavy atom. The van der Waals surface area contributed by atoms with Crippen molar-refractivity contribution >= 4 is 6.03 Å². The number of likely N-dealkylation sites (N-methyl/N-ethyl adjacent to an activating group) is 1. The number of carbonyl (C=O) groups excluding carboxylic acids is 1. The van der Waals surface area contributed by atoms with Gasteiger partial charge in [-0.25, -0.2) is 4.79 Å². The van der Waals surface area contributed by atoms with Gasteiger partial charge in [0, 0.05) is 38.3 Å². The summed E-state index contributed by atoms with van der Waals surface area (Å²) in [7, 11) is 2.15. The largest absolute Gasteiger partial charge is 0.325 e. The van der Waals surface area contributed by atoms with E-state index in [1.165, 1.54) is 12.8 Å². The van der Waals surface area contributed by atoms with Gasteiger partial charge in [-0.3, -0.25) is 4.90 Å². The minimum absolute atomic E-state index is 0.254. The molecule has 0 saturated carbocycles. The average molecular weight is 225 g/mol. The quantitative estimate of drug-likeness (QED) is 0.620. The van der Waals surface area contributed by atoms with E-state index in [9.17, 15) is 4.79 Å². The minimum atomic E-state index is 0.254. The second-order valence-corrected chi connectivity index (χ2v) is 5.25. The first-order valence-corrected chi connectivity index (χ1v) is 6.35. The van der Waals surface area contributed by atoms with Gasteiger partial charge < -0.3 is 9.80 Å². The maximum atomic E-state index is 12.2. The third kappa shape index (κ3) is 2.17. The smallest absolute Gasteiger partial charge is 0.320 e. The van der Waals surface area contributed by atoms with Crippen molar-refractivity contribution in [1.82, 2.24) is 14.7 Å². The fraction of sp³-hybridized carbons (Fsp3) is 0.917. The standard InChI is InChI=1S/C12H23N3O/c1-10-8-15(9-11(2)13(10)3)12(16)14-6-4-5-7-14/h10-11H,4-9H2,1-3H3. The lowest BCUT2D eigenvalue weighted by Crippen LogP contribution is -2.58. The Morgan fingerprint density at radius 3 is 2.00 bits per heavy atom. The van der Waals surface area contributed by atoms with E-state index in [1.54, 1.807) is 0 Å². The van der Waals surface area contributed by atoms with Gasteiger partial charge in [-0.15, -0.1) is 0 Å². The highest BCUT2D eigenvalue weighted by molar-refractivity contribution is 5.75. The van der Waals surface area contributed by atoms with Crippen molar-refractivity contribution < 1.29 is 4.79 Å². The summed E-state index contributed by atoms with van der Waals surface area (Å²) >= 11 is 0. The monoisotopic (exact) mass is 225 g/mol. The zero-order valence-electron chi connectivity index (χ0n) is 10.6. The number of urea groups is 1. The molecule has 2 unspecified atom stereocenters. The topological polar surface area (TPSA) is 26.8 Å². The molecule has 0 radical (unpaired) electrons. The second kappa shape index (κ2) is 4.62. The molecule has 0 aromatic heterocycles. The summed E-state index contributed by atoms with van der Waals surface area (Å²) in [6, 6.07) is 1.19. The number of likely N-dealkylation sites (tertiary alicyclic amines) is 1. The predicted molar refractivity (Wildman–Crippen MR) is 64.5 cm³/mol. The zero-order valence-corrected chi connectivity index (χ0v) is 10.6. The molecule has 0 spiro atoms. The van der Waals surface area contributed by atoms with Crippen LogP contribution in [0.15, 0.2) is 0 Å². The van der Waals surface area contributed by atoms with Gasteiger partial charge in [0.2, 0.25) is 0 Å². The van der Waals surface area contributed by atoms with Crippen LogP contribution in [-0.4, -0.2) is 66.0 Å². The van der Waals surface area contributed by atoms with Crippen molar-refractivity contribution in [2.24, 2.45) is 0 Å². The molecular formula is C12H23N3O. The highest BCUT2D eigenvalue weighted by Crippen LogP contribution is 2.17. The van der Waals surface area contributed by atoms with Crippen LogP contribution in [0.1, 0.15) is 26.7 Å². The summed E-state index contributed by atoms with van der Waals surface area (Å²) in [4.78, 5) is 18.6. The van der Waals surface area contributed by atoms with Crippen molar-refractivity contribution in [2.45, 2.75) is 38.8 Å². The summed E-state index contributed by atoms with van der Waals surface area (Å²) < 4.78 is 0. The average Bonchev–Trinajstić information content (AvgIpc) is 2.77. The zero-order chi connectivity index (χ0) is 11.7. The van der Waals surface area contributed by atoms with Gasteiger partial charge in [-0.1, -0.05) is 0 Å². The Morgan fingerprint density at radius 1 is 1.00 bits per heavy atom. The third-order valence-electron chi connectivity index (χ3n) is 4.01. The number of hydrogen-bond acceptors (Lipinski definition) is 2. The van der Waals surface area contributed by atoms with Gasteiger partial charge in [0.1, 0.15) is 0 Å². The van der Waals surface area contributed by atoms with Crippen LogP contribution < -0.4 is 0 Å². The molecule has 2 amide bonds. The van der Waals surface area contributed by atoms with Crippen LogP contribution in [0.3, 0.4) is 0 Å². The van der Waals surface area contributed by atoms with Crippen LogP contribution in [0.4, 0.5) is 4.79 Å². The van der Waals surface area contributed by atoms with Gasteiger partial charge in [-0.2, -0.15) is 0 Å². The Bertz CT molecular complexity index is 251. The number of nitrogens with zero attached hydrogens (tertiary/aromatic N) is 3. The molecule has 16 heavy (non-hydrogen) atoms. The maximum absolute atomic E-state index is 12.2. The summed E-state index contributed by atoms with van der Waals surface area (Å²) in [5, 5.41) is 0. The lowest BCUT2D eigenvalue weighted by atomic mass is 10.1. The molecule has 2 heterocycles. The van der Waals surface area contributed by atoms with Crippen molar-refractivity contribution in [1.29, 1.82) is 0 Å². The van der Waals surface area contributed by atoms with Gasteiger partial charge in [0.15, 0.2) is 0 Å². The Balaban J connectivity index is 1.96. The molecule has 2 saturated heterocycles. The molecule has 2 aliphatic heterocycles. The molecular weight excluding hydrogens is 202 g/mol. The fourth-order valence-corrected chi connectivity index (χ4v) is 2.67. The van der Waals surface area contributed by atoms with Crippen molar-refractivity contribution in [2.75, 3.05) is 33.2 Å². The number of hydrogen-bond donors (Lipinski definition) is 0. The molecule has 4 nitrogen and oxygen atoms in total. The van der Waals surface area contributed by atoms with Crippen LogP contribution in [0.2, 0.25) is 0 Å². The molecule has 2 fully saturated rings. The molecule has 0 aromatic carbocycles. The molecule has 2 atom stereocenters. The summed E-state index contributed by atoms with van der Waals surface area (Å²) in [6.45, 7) is 8.04. The molecule has 0 aromatic rings. The minimum Gasteiger partial charge on any atom is -0.325 e.